The van der Waals surface area contributed by atoms with E-state index in [2.05, 4.69) is 0 Å². The number of non-ortho nitro benzene ring substituents is 1. The van der Waals surface area contributed by atoms with Gasteiger partial charge in [-0.05, 0) is 63.3 Å². The molecule has 1 aliphatic carbocycles. The lowest BCUT2D eigenvalue weighted by atomic mass is 9.89. The summed E-state index contributed by atoms with van der Waals surface area (Å²) >= 11 is 0. The van der Waals surface area contributed by atoms with Crippen LogP contribution in [0.25, 0.3) is 0 Å². The van der Waals surface area contributed by atoms with E-state index in [4.69, 9.17) is 9.47 Å². The van der Waals surface area contributed by atoms with Crippen molar-refractivity contribution in [1.29, 1.82) is 0 Å². The number of hydrogen-bond donors (Lipinski definition) is 0. The Morgan fingerprint density at radius 3 is 2.40 bits per heavy atom. The number of ether oxygens (including phenoxy) is 2. The Kier molecular flexibility index (Phi) is 5.55. The third kappa shape index (κ3) is 3.74. The van der Waals surface area contributed by atoms with Gasteiger partial charge in [-0.25, -0.2) is 0 Å². The second kappa shape index (κ2) is 8.34. The molecule has 3 aliphatic rings. The molecule has 2 amide bonds. The number of fused-ring (bicyclic) bond motifs is 3. The van der Waals surface area contributed by atoms with Crippen LogP contribution in [0.15, 0.2) is 42.5 Å². The number of anilines is 1. The molecule has 0 aromatic heterocycles. The lowest BCUT2D eigenvalue weighted by molar-refractivity contribution is -0.384. The fraction of sp³-hybridized carbons (Fsp3) is 0.462. The summed E-state index contributed by atoms with van der Waals surface area (Å²) in [6.45, 7) is 3.90. The molecule has 5 rings (SSSR count). The zero-order valence-corrected chi connectivity index (χ0v) is 20.2. The van der Waals surface area contributed by atoms with Gasteiger partial charge in [-0.15, -0.1) is 0 Å². The lowest BCUT2D eigenvalue weighted by Gasteiger charge is -2.40. The summed E-state index contributed by atoms with van der Waals surface area (Å²) in [5, 5.41) is 11.6. The summed E-state index contributed by atoms with van der Waals surface area (Å²) < 4.78 is 11.8. The van der Waals surface area contributed by atoms with E-state index in [-0.39, 0.29) is 23.7 Å². The quantitative estimate of drug-likeness (QED) is 0.475. The van der Waals surface area contributed by atoms with E-state index in [9.17, 15) is 19.7 Å². The van der Waals surface area contributed by atoms with Gasteiger partial charge < -0.3 is 14.4 Å². The molecular formula is C26H29N3O6. The molecule has 35 heavy (non-hydrogen) atoms. The highest BCUT2D eigenvalue weighted by Crippen LogP contribution is 2.50. The van der Waals surface area contributed by atoms with E-state index in [1.165, 1.54) is 18.2 Å². The van der Waals surface area contributed by atoms with Crippen LogP contribution in [-0.4, -0.2) is 46.1 Å². The highest BCUT2D eigenvalue weighted by molar-refractivity contribution is 6.12. The van der Waals surface area contributed by atoms with Gasteiger partial charge in [-0.1, -0.05) is 18.6 Å². The molecule has 0 radical (unpaired) electrons. The topological polar surface area (TPSA) is 102 Å². The molecule has 1 saturated carbocycles. The normalized spacial score (nSPS) is 22.5. The second-order valence-corrected chi connectivity index (χ2v) is 10.0. The van der Waals surface area contributed by atoms with Crippen LogP contribution in [0.2, 0.25) is 0 Å². The van der Waals surface area contributed by atoms with Gasteiger partial charge >= 0.3 is 0 Å². The first-order chi connectivity index (χ1) is 16.7. The molecule has 2 aliphatic heterocycles. The maximum absolute atomic E-state index is 14.2. The van der Waals surface area contributed by atoms with Crippen LogP contribution >= 0.6 is 0 Å². The van der Waals surface area contributed by atoms with Crippen LogP contribution in [0.1, 0.15) is 61.9 Å². The number of rotatable bonds is 4. The minimum Gasteiger partial charge on any atom is -0.497 e. The number of hydrogen-bond acceptors (Lipinski definition) is 6. The maximum atomic E-state index is 14.2. The molecule has 1 unspecified atom stereocenters. The standard InChI is InChI=1S/C26H29N3O6/c1-25(2)22-24(31)27(16-17-7-10-19(34-3)11-8-17)21-12-9-18(29(32)33)15-20(21)23(30)28(22)26(35-25)13-5-4-6-14-26/h7-12,15,22H,4-6,13-14,16H2,1-3H3. The number of nitro groups is 1. The molecule has 9 heteroatoms. The van der Waals surface area contributed by atoms with Crippen molar-refractivity contribution in [1.82, 2.24) is 4.90 Å². The lowest BCUT2D eigenvalue weighted by Crippen LogP contribution is -2.57. The van der Waals surface area contributed by atoms with Crippen LogP contribution < -0.4 is 9.64 Å². The van der Waals surface area contributed by atoms with Gasteiger partial charge in [0.2, 0.25) is 0 Å². The van der Waals surface area contributed by atoms with Crippen molar-refractivity contribution < 1.29 is 24.0 Å². The number of benzene rings is 2. The van der Waals surface area contributed by atoms with Gasteiger partial charge in [0.15, 0.2) is 0 Å². The van der Waals surface area contributed by atoms with E-state index < -0.39 is 28.2 Å². The Morgan fingerprint density at radius 1 is 1.09 bits per heavy atom. The Hall–Kier alpha value is -3.46. The van der Waals surface area contributed by atoms with Crippen LogP contribution in [0, 0.1) is 10.1 Å². The van der Waals surface area contributed by atoms with E-state index in [0.29, 0.717) is 24.3 Å². The third-order valence-electron chi connectivity index (χ3n) is 7.37. The van der Waals surface area contributed by atoms with Crippen molar-refractivity contribution in [2.75, 3.05) is 12.0 Å². The Balaban J connectivity index is 1.66. The highest BCUT2D eigenvalue weighted by Gasteiger charge is 2.63. The summed E-state index contributed by atoms with van der Waals surface area (Å²) in [5.74, 6) is 0.0406. The van der Waals surface area contributed by atoms with E-state index in [1.54, 1.807) is 16.9 Å². The third-order valence-corrected chi connectivity index (χ3v) is 7.37. The number of carbonyl (C=O) groups is 2. The first-order valence-corrected chi connectivity index (χ1v) is 11.9. The van der Waals surface area contributed by atoms with Crippen LogP contribution in [0.4, 0.5) is 11.4 Å². The summed E-state index contributed by atoms with van der Waals surface area (Å²) in [4.78, 5) is 42.5. The molecule has 9 nitrogen and oxygen atoms in total. The number of methoxy groups -OCH3 is 1. The highest BCUT2D eigenvalue weighted by atomic mass is 16.6. The molecule has 1 saturated heterocycles. The van der Waals surface area contributed by atoms with Gasteiger partial charge in [0.1, 0.15) is 17.5 Å². The predicted molar refractivity (Wildman–Crippen MR) is 128 cm³/mol. The van der Waals surface area contributed by atoms with Crippen molar-refractivity contribution in [3.8, 4) is 5.75 Å². The van der Waals surface area contributed by atoms with E-state index in [1.807, 2.05) is 38.1 Å². The van der Waals surface area contributed by atoms with Gasteiger partial charge in [-0.2, -0.15) is 0 Å². The number of amides is 2. The number of carbonyl (C=O) groups excluding carboxylic acids is 2. The molecule has 2 aromatic carbocycles. The van der Waals surface area contributed by atoms with Gasteiger partial charge in [0.25, 0.3) is 17.5 Å². The van der Waals surface area contributed by atoms with Gasteiger partial charge in [-0.3, -0.25) is 24.6 Å². The predicted octanol–water partition coefficient (Wildman–Crippen LogP) is 4.43. The van der Waals surface area contributed by atoms with Crippen molar-refractivity contribution in [3.05, 3.63) is 63.7 Å². The SMILES string of the molecule is COc1ccc(CN2C(=O)C3N(C(=O)c4cc([N+](=O)[O-])ccc42)C2(CCCCC2)OC3(C)C)cc1. The Labute approximate surface area is 203 Å². The summed E-state index contributed by atoms with van der Waals surface area (Å²) in [7, 11) is 1.58. The molecular weight excluding hydrogens is 450 g/mol. The number of nitrogens with zero attached hydrogens (tertiary/aromatic N) is 3. The zero-order valence-electron chi connectivity index (χ0n) is 20.2. The van der Waals surface area contributed by atoms with E-state index in [0.717, 1.165) is 24.8 Å². The molecule has 0 N–H and O–H groups in total. The monoisotopic (exact) mass is 479 g/mol. The zero-order chi connectivity index (χ0) is 25.0. The number of nitro benzene ring substituents is 1. The van der Waals surface area contributed by atoms with Crippen LogP contribution in [-0.2, 0) is 16.1 Å². The van der Waals surface area contributed by atoms with Crippen LogP contribution in [0.5, 0.6) is 5.75 Å². The molecule has 1 spiro atoms. The van der Waals surface area contributed by atoms with Crippen molar-refractivity contribution in [2.24, 2.45) is 0 Å². The largest absolute Gasteiger partial charge is 0.497 e. The smallest absolute Gasteiger partial charge is 0.270 e. The first-order valence-electron chi connectivity index (χ1n) is 11.9. The van der Waals surface area contributed by atoms with Crippen molar-refractivity contribution >= 4 is 23.2 Å². The fourth-order valence-corrected chi connectivity index (χ4v) is 5.82. The summed E-state index contributed by atoms with van der Waals surface area (Å²) in [5.41, 5.74) is -0.641. The van der Waals surface area contributed by atoms with Crippen molar-refractivity contribution in [3.63, 3.8) is 0 Å². The molecule has 2 heterocycles. The first kappa shape index (κ1) is 23.3. The maximum Gasteiger partial charge on any atom is 0.270 e. The average molecular weight is 480 g/mol. The van der Waals surface area contributed by atoms with Gasteiger partial charge in [0, 0.05) is 12.1 Å². The van der Waals surface area contributed by atoms with E-state index >= 15 is 0 Å². The average Bonchev–Trinajstić information content (AvgIpc) is 3.01. The summed E-state index contributed by atoms with van der Waals surface area (Å²) in [6, 6.07) is 10.6. The molecule has 2 fully saturated rings. The van der Waals surface area contributed by atoms with Crippen LogP contribution in [0.3, 0.4) is 0 Å². The molecule has 0 bridgehead atoms. The molecule has 1 atom stereocenters. The van der Waals surface area contributed by atoms with Crippen molar-refractivity contribution in [2.45, 2.75) is 69.9 Å². The molecule has 184 valence electrons. The van der Waals surface area contributed by atoms with Gasteiger partial charge in [0.05, 0.1) is 35.4 Å². The minimum absolute atomic E-state index is 0.148. The molecule has 2 aromatic rings. The second-order valence-electron chi connectivity index (χ2n) is 10.0. The fourth-order valence-electron chi connectivity index (χ4n) is 5.82. The Morgan fingerprint density at radius 2 is 1.77 bits per heavy atom. The summed E-state index contributed by atoms with van der Waals surface area (Å²) in [6.07, 6.45) is 4.08. The minimum atomic E-state index is -0.920. The Bertz CT molecular complexity index is 1190.